The molecule has 4 heterocycles. The van der Waals surface area contributed by atoms with Crippen molar-refractivity contribution in [3.05, 3.63) is 65.9 Å². The Hall–Kier alpha value is -3.66. The first-order valence-electron chi connectivity index (χ1n) is 19.3. The topological polar surface area (TPSA) is 124 Å². The highest BCUT2D eigenvalue weighted by Gasteiger charge is 2.37. The third-order valence-corrected chi connectivity index (χ3v) is 11.3. The molecule has 0 bridgehead atoms. The van der Waals surface area contributed by atoms with Crippen molar-refractivity contribution in [2.45, 2.75) is 130 Å². The number of benzene rings is 2. The van der Waals surface area contributed by atoms with Crippen molar-refractivity contribution < 1.29 is 28.5 Å². The zero-order chi connectivity index (χ0) is 38.8. The second kappa shape index (κ2) is 18.3. The van der Waals surface area contributed by atoms with Gasteiger partial charge in [0.2, 0.25) is 0 Å². The molecule has 0 spiro atoms. The molecule has 0 radical (unpaired) electrons. The first kappa shape index (κ1) is 45.0. The van der Waals surface area contributed by atoms with Crippen LogP contribution in [0.2, 0.25) is 25.7 Å². The van der Waals surface area contributed by atoms with Crippen molar-refractivity contribution in [3.8, 4) is 17.0 Å². The van der Waals surface area contributed by atoms with E-state index >= 15 is 0 Å². The summed E-state index contributed by atoms with van der Waals surface area (Å²) >= 11 is 0. The smallest absolute Gasteiger partial charge is 0.410 e. The van der Waals surface area contributed by atoms with Gasteiger partial charge >= 0.3 is 12.2 Å². The number of amides is 2. The van der Waals surface area contributed by atoms with Crippen molar-refractivity contribution in [3.63, 3.8) is 0 Å². The molecule has 2 aliphatic heterocycles. The lowest BCUT2D eigenvalue weighted by atomic mass is 10.1. The van der Waals surface area contributed by atoms with Crippen molar-refractivity contribution in [2.75, 3.05) is 19.7 Å². The average Bonchev–Trinajstić information content (AvgIpc) is 3.89. The van der Waals surface area contributed by atoms with Crippen LogP contribution in [0.3, 0.4) is 0 Å². The molecule has 15 heteroatoms. The van der Waals surface area contributed by atoms with Gasteiger partial charge in [-0.3, -0.25) is 9.80 Å². The van der Waals surface area contributed by atoms with E-state index < -0.39 is 19.3 Å². The Morgan fingerprint density at radius 2 is 1.46 bits per heavy atom. The predicted octanol–water partition coefficient (Wildman–Crippen LogP) is 9.69. The normalized spacial score (nSPS) is 17.4. The van der Waals surface area contributed by atoms with E-state index in [-0.39, 0.29) is 51.3 Å². The quantitative estimate of drug-likeness (QED) is 0.117. The van der Waals surface area contributed by atoms with Gasteiger partial charge in [0.1, 0.15) is 41.9 Å². The minimum absolute atomic E-state index is 0. The van der Waals surface area contributed by atoms with Gasteiger partial charge in [-0.15, -0.1) is 0 Å². The number of nitrogens with zero attached hydrogens (tertiary/aromatic N) is 5. The highest BCUT2D eigenvalue weighted by atomic mass is 32.1. The van der Waals surface area contributed by atoms with Gasteiger partial charge in [-0.1, -0.05) is 25.7 Å². The number of nitrogens with one attached hydrogen (secondary N) is 1. The summed E-state index contributed by atoms with van der Waals surface area (Å²) in [6.45, 7) is 21.0. The van der Waals surface area contributed by atoms with Gasteiger partial charge in [-0.2, -0.15) is 27.0 Å². The van der Waals surface area contributed by atoms with Crippen LogP contribution in [-0.4, -0.2) is 80.5 Å². The Balaban J connectivity index is 0.00000348. The number of imidazole rings is 2. The Kier molecular flexibility index (Phi) is 14.7. The van der Waals surface area contributed by atoms with Gasteiger partial charge in [-0.25, -0.2) is 19.6 Å². The summed E-state index contributed by atoms with van der Waals surface area (Å²) in [6, 6.07) is 14.8. The third-order valence-electron chi connectivity index (χ3n) is 9.60. The molecular formula is C41H62N6O6S2Si. The molecule has 6 rings (SSSR count). The lowest BCUT2D eigenvalue weighted by Gasteiger charge is -2.28. The fourth-order valence-electron chi connectivity index (χ4n) is 6.92. The van der Waals surface area contributed by atoms with Crippen LogP contribution in [0.15, 0.2) is 48.7 Å². The van der Waals surface area contributed by atoms with Gasteiger partial charge in [0.25, 0.3) is 0 Å². The van der Waals surface area contributed by atoms with Gasteiger partial charge in [0.15, 0.2) is 0 Å². The van der Waals surface area contributed by atoms with Crippen molar-refractivity contribution in [1.29, 1.82) is 0 Å². The standard InChI is InChI=1S/C41H58N6O6Si.2H2S/c1-40(2,3)52-38(48)45-20-10-12-33(45)36-42-25-32(43-36)29-15-17-30(18-16-29)51-26-28-14-19-31-35(24-28)47(27-50-22-23-54(7,8)9)37(44-31)34-13-11-21-46(34)39(49)53-41(4,5)6;;/h14-19,24-25,33-34H,10-13,20-23,26-27H2,1-9H3,(H,42,43);2*1H2/t33-,34-;;/m0../s1. The molecule has 2 amide bonds. The van der Waals surface area contributed by atoms with Crippen LogP contribution in [0, 0.1) is 0 Å². The van der Waals surface area contributed by atoms with Crippen molar-refractivity contribution >= 4 is 58.3 Å². The second-order valence-corrected chi connectivity index (χ2v) is 23.3. The summed E-state index contributed by atoms with van der Waals surface area (Å²) in [5.74, 6) is 2.33. The van der Waals surface area contributed by atoms with E-state index in [9.17, 15) is 9.59 Å². The first-order chi connectivity index (χ1) is 25.4. The van der Waals surface area contributed by atoms with Crippen LogP contribution in [0.25, 0.3) is 22.3 Å². The SMILES string of the molecule is CC(C)(C)OC(=O)N1CCC[C@H]1c1ncc(-c2ccc(OCc3ccc4nc([C@@H]5CCCN5C(=O)OC(C)(C)C)n(COCC[Si](C)(C)C)c4c3)cc2)[nH]1.S.S. The molecule has 2 saturated heterocycles. The van der Waals surface area contributed by atoms with Crippen LogP contribution < -0.4 is 4.74 Å². The summed E-state index contributed by atoms with van der Waals surface area (Å²) < 4.78 is 26.1. The average molecular weight is 827 g/mol. The molecule has 0 unspecified atom stereocenters. The van der Waals surface area contributed by atoms with E-state index in [0.29, 0.717) is 33.0 Å². The number of fused-ring (bicyclic) bond motifs is 1. The van der Waals surface area contributed by atoms with Crippen molar-refractivity contribution in [1.82, 2.24) is 29.3 Å². The van der Waals surface area contributed by atoms with E-state index in [1.807, 2.05) is 89.0 Å². The number of likely N-dealkylation sites (tertiary alicyclic amines) is 2. The zero-order valence-electron chi connectivity index (χ0n) is 34.5. The molecule has 0 aliphatic carbocycles. The van der Waals surface area contributed by atoms with E-state index in [2.05, 4.69) is 40.2 Å². The van der Waals surface area contributed by atoms with E-state index in [1.165, 1.54) is 0 Å². The number of hydrogen-bond acceptors (Lipinski definition) is 8. The Morgan fingerprint density at radius 3 is 2.07 bits per heavy atom. The summed E-state index contributed by atoms with van der Waals surface area (Å²) in [5, 5.41) is 0. The summed E-state index contributed by atoms with van der Waals surface area (Å²) in [5.41, 5.74) is 3.53. The maximum absolute atomic E-state index is 13.2. The van der Waals surface area contributed by atoms with Crippen LogP contribution in [0.1, 0.15) is 96.5 Å². The highest BCUT2D eigenvalue weighted by Crippen LogP contribution is 2.36. The van der Waals surface area contributed by atoms with Gasteiger partial charge in [-0.05, 0) is 121 Å². The number of rotatable bonds is 11. The summed E-state index contributed by atoms with van der Waals surface area (Å²) in [7, 11) is -1.27. The number of aromatic nitrogens is 4. The Bertz CT molecular complexity index is 1930. The van der Waals surface area contributed by atoms with Crippen LogP contribution in [0.5, 0.6) is 5.75 Å². The zero-order valence-corrected chi connectivity index (χ0v) is 37.5. The molecule has 12 nitrogen and oxygen atoms in total. The molecule has 2 aliphatic rings. The van der Waals surface area contributed by atoms with Gasteiger partial charge in [0, 0.05) is 27.8 Å². The third kappa shape index (κ3) is 11.5. The first-order valence-corrected chi connectivity index (χ1v) is 23.0. The van der Waals surface area contributed by atoms with Crippen LogP contribution in [-0.2, 0) is 27.5 Å². The largest absolute Gasteiger partial charge is 0.489 e. The molecule has 0 saturated carbocycles. The number of hydrogen-bond donors (Lipinski definition) is 1. The number of aromatic amines is 1. The number of H-pyrrole nitrogens is 1. The predicted molar refractivity (Wildman–Crippen MR) is 233 cm³/mol. The Morgan fingerprint density at radius 1 is 0.857 bits per heavy atom. The fourth-order valence-corrected chi connectivity index (χ4v) is 7.67. The summed E-state index contributed by atoms with van der Waals surface area (Å²) in [4.78, 5) is 42.8. The molecule has 2 aromatic heterocycles. The van der Waals surface area contributed by atoms with Crippen LogP contribution in [0.4, 0.5) is 9.59 Å². The molecule has 2 atom stereocenters. The maximum Gasteiger partial charge on any atom is 0.410 e. The molecule has 4 aromatic rings. The molecule has 1 N–H and O–H groups in total. The highest BCUT2D eigenvalue weighted by molar-refractivity contribution is 7.59. The molecule has 2 aromatic carbocycles. The van der Waals surface area contributed by atoms with Crippen molar-refractivity contribution in [2.24, 2.45) is 0 Å². The van der Waals surface area contributed by atoms with E-state index in [0.717, 1.165) is 77.0 Å². The van der Waals surface area contributed by atoms with Gasteiger partial charge < -0.3 is 28.5 Å². The molecule has 56 heavy (non-hydrogen) atoms. The number of carbonyl (C=O) groups is 2. The van der Waals surface area contributed by atoms with Gasteiger partial charge in [0.05, 0.1) is 35.0 Å². The van der Waals surface area contributed by atoms with Crippen LogP contribution >= 0.6 is 27.0 Å². The second-order valence-electron chi connectivity index (χ2n) is 17.7. The maximum atomic E-state index is 13.2. The fraction of sp³-hybridized carbons (Fsp3) is 0.561. The molecule has 308 valence electrons. The van der Waals surface area contributed by atoms with E-state index in [1.54, 1.807) is 4.90 Å². The number of ether oxygens (including phenoxy) is 4. The minimum atomic E-state index is -1.27. The number of carbonyl (C=O) groups excluding carboxylic acids is 2. The summed E-state index contributed by atoms with van der Waals surface area (Å²) in [6.07, 6.45) is 4.64. The molecular weight excluding hydrogens is 765 g/mol. The minimum Gasteiger partial charge on any atom is -0.489 e. The van der Waals surface area contributed by atoms with E-state index in [4.69, 9.17) is 23.9 Å². The molecule has 2 fully saturated rings. The lowest BCUT2D eigenvalue weighted by molar-refractivity contribution is 0.0200. The Labute approximate surface area is 346 Å². The lowest BCUT2D eigenvalue weighted by Crippen LogP contribution is -2.37. The monoisotopic (exact) mass is 826 g/mol.